The molecule has 0 spiro atoms. The van der Waals surface area contributed by atoms with Crippen LogP contribution in [0.15, 0.2) is 16.7 Å². The summed E-state index contributed by atoms with van der Waals surface area (Å²) in [6.07, 6.45) is 5.52. The summed E-state index contributed by atoms with van der Waals surface area (Å²) in [5.74, 6) is 2.77. The van der Waals surface area contributed by atoms with Gasteiger partial charge >= 0.3 is 0 Å². The molecule has 3 aromatic heterocycles. The van der Waals surface area contributed by atoms with Crippen LogP contribution in [0, 0.1) is 12.8 Å². The standard InChI is InChI=1S/C20H26N6O2/c1-3-4-5-15-9-18-22-17(20-21-13(2)24-28-20)10-19(26(18)23-15)25-11-14-6-7-27-12-16(25)8-14/h9-10,14,16H,3-8,11-12H2,1-2H3. The van der Waals surface area contributed by atoms with E-state index in [9.17, 15) is 0 Å². The van der Waals surface area contributed by atoms with E-state index in [4.69, 9.17) is 19.3 Å². The van der Waals surface area contributed by atoms with Crippen LogP contribution in [-0.2, 0) is 11.2 Å². The molecule has 28 heavy (non-hydrogen) atoms. The number of fused-ring (bicyclic) bond motifs is 3. The van der Waals surface area contributed by atoms with Crippen molar-refractivity contribution in [3.8, 4) is 11.6 Å². The number of rotatable bonds is 5. The highest BCUT2D eigenvalue weighted by atomic mass is 16.5. The Balaban J connectivity index is 1.61. The van der Waals surface area contributed by atoms with Crippen LogP contribution in [-0.4, -0.2) is 50.5 Å². The van der Waals surface area contributed by atoms with Crippen molar-refractivity contribution in [1.82, 2.24) is 24.7 Å². The summed E-state index contributed by atoms with van der Waals surface area (Å²) in [6, 6.07) is 4.49. The predicted molar refractivity (Wildman–Crippen MR) is 104 cm³/mol. The van der Waals surface area contributed by atoms with Gasteiger partial charge in [-0.25, -0.2) is 4.98 Å². The first-order chi connectivity index (χ1) is 13.7. The predicted octanol–water partition coefficient (Wildman–Crippen LogP) is 3.05. The van der Waals surface area contributed by atoms with Gasteiger partial charge in [0, 0.05) is 25.3 Å². The van der Waals surface area contributed by atoms with E-state index >= 15 is 0 Å². The highest BCUT2D eigenvalue weighted by molar-refractivity contribution is 5.62. The number of unbranched alkanes of at least 4 members (excludes halogenated alkanes) is 1. The van der Waals surface area contributed by atoms with Gasteiger partial charge in [0.15, 0.2) is 11.5 Å². The molecule has 0 N–H and O–H groups in total. The Morgan fingerprint density at radius 2 is 2.18 bits per heavy atom. The molecule has 0 aromatic carbocycles. The minimum Gasteiger partial charge on any atom is -0.379 e. The SMILES string of the molecule is CCCCc1cc2nc(-c3nc(C)no3)cc(N3CC4CCOCC3C4)n2n1. The lowest BCUT2D eigenvalue weighted by molar-refractivity contribution is 0.125. The van der Waals surface area contributed by atoms with E-state index in [1.165, 1.54) is 6.42 Å². The average molecular weight is 382 g/mol. The van der Waals surface area contributed by atoms with Crippen molar-refractivity contribution in [2.24, 2.45) is 5.92 Å². The van der Waals surface area contributed by atoms with Crippen LogP contribution in [0.5, 0.6) is 0 Å². The molecule has 8 nitrogen and oxygen atoms in total. The van der Waals surface area contributed by atoms with Crippen LogP contribution in [0.25, 0.3) is 17.2 Å². The first-order valence-electron chi connectivity index (χ1n) is 10.3. The van der Waals surface area contributed by atoms with E-state index in [1.54, 1.807) is 0 Å². The molecule has 2 saturated heterocycles. The van der Waals surface area contributed by atoms with Crippen molar-refractivity contribution in [3.63, 3.8) is 0 Å². The Morgan fingerprint density at radius 1 is 1.25 bits per heavy atom. The number of anilines is 1. The van der Waals surface area contributed by atoms with Gasteiger partial charge in [-0.3, -0.25) is 0 Å². The van der Waals surface area contributed by atoms with Crippen molar-refractivity contribution in [3.05, 3.63) is 23.7 Å². The second-order valence-corrected chi connectivity index (χ2v) is 7.93. The minimum absolute atomic E-state index is 0.374. The maximum atomic E-state index is 5.84. The van der Waals surface area contributed by atoms with Gasteiger partial charge < -0.3 is 14.2 Å². The van der Waals surface area contributed by atoms with E-state index in [-0.39, 0.29) is 0 Å². The maximum Gasteiger partial charge on any atom is 0.276 e. The zero-order chi connectivity index (χ0) is 19.1. The summed E-state index contributed by atoms with van der Waals surface area (Å²) in [5.41, 5.74) is 2.60. The zero-order valence-electron chi connectivity index (χ0n) is 16.5. The van der Waals surface area contributed by atoms with Crippen LogP contribution in [0.1, 0.15) is 44.1 Å². The van der Waals surface area contributed by atoms with Crippen molar-refractivity contribution in [2.45, 2.75) is 52.0 Å². The summed E-state index contributed by atoms with van der Waals surface area (Å²) in [6.45, 7) is 6.68. The van der Waals surface area contributed by atoms with E-state index in [0.717, 1.165) is 62.6 Å². The molecule has 148 valence electrons. The van der Waals surface area contributed by atoms with Gasteiger partial charge in [0.2, 0.25) is 0 Å². The Kier molecular flexibility index (Phi) is 4.50. The Morgan fingerprint density at radius 3 is 3.00 bits per heavy atom. The van der Waals surface area contributed by atoms with Crippen LogP contribution in [0.2, 0.25) is 0 Å². The number of aryl methyl sites for hydroxylation is 2. The van der Waals surface area contributed by atoms with Crippen LogP contribution in [0.4, 0.5) is 5.82 Å². The van der Waals surface area contributed by atoms with Crippen LogP contribution < -0.4 is 4.90 Å². The minimum atomic E-state index is 0.374. The molecule has 0 aliphatic carbocycles. The first kappa shape index (κ1) is 17.6. The monoisotopic (exact) mass is 382 g/mol. The fourth-order valence-electron chi connectivity index (χ4n) is 4.33. The summed E-state index contributed by atoms with van der Waals surface area (Å²) >= 11 is 0. The highest BCUT2D eigenvalue weighted by Crippen LogP contribution is 2.34. The Labute approximate surface area is 163 Å². The fourth-order valence-corrected chi connectivity index (χ4v) is 4.33. The molecule has 5 rings (SSSR count). The molecule has 5 heterocycles. The third-order valence-corrected chi connectivity index (χ3v) is 5.77. The molecule has 2 unspecified atom stereocenters. The van der Waals surface area contributed by atoms with E-state index in [0.29, 0.717) is 29.4 Å². The summed E-state index contributed by atoms with van der Waals surface area (Å²) in [5, 5.41) is 8.81. The third kappa shape index (κ3) is 3.15. The van der Waals surface area contributed by atoms with Crippen LogP contribution >= 0.6 is 0 Å². The smallest absolute Gasteiger partial charge is 0.276 e. The van der Waals surface area contributed by atoms with Crippen molar-refractivity contribution >= 4 is 11.5 Å². The molecular weight excluding hydrogens is 356 g/mol. The molecule has 3 aromatic rings. The van der Waals surface area contributed by atoms with Crippen LogP contribution in [0.3, 0.4) is 0 Å². The van der Waals surface area contributed by atoms with Gasteiger partial charge in [0.05, 0.1) is 18.3 Å². The van der Waals surface area contributed by atoms with Gasteiger partial charge in [-0.15, -0.1) is 0 Å². The molecule has 0 amide bonds. The number of aromatic nitrogens is 5. The largest absolute Gasteiger partial charge is 0.379 e. The van der Waals surface area contributed by atoms with Gasteiger partial charge in [-0.1, -0.05) is 18.5 Å². The van der Waals surface area contributed by atoms with Gasteiger partial charge in [0.25, 0.3) is 5.89 Å². The molecule has 2 aliphatic rings. The molecule has 2 aliphatic heterocycles. The zero-order valence-corrected chi connectivity index (χ0v) is 16.5. The lowest BCUT2D eigenvalue weighted by Crippen LogP contribution is -2.35. The van der Waals surface area contributed by atoms with Crippen molar-refractivity contribution in [2.75, 3.05) is 24.7 Å². The molecule has 0 radical (unpaired) electrons. The van der Waals surface area contributed by atoms with E-state index in [1.807, 2.05) is 17.5 Å². The Hall–Kier alpha value is -2.48. The van der Waals surface area contributed by atoms with Crippen molar-refractivity contribution < 1.29 is 9.26 Å². The van der Waals surface area contributed by atoms with Gasteiger partial charge in [-0.2, -0.15) is 14.6 Å². The molecule has 2 fully saturated rings. The summed E-state index contributed by atoms with van der Waals surface area (Å²) in [7, 11) is 0. The number of nitrogens with zero attached hydrogens (tertiary/aromatic N) is 6. The van der Waals surface area contributed by atoms with E-state index < -0.39 is 0 Å². The molecule has 8 heteroatoms. The van der Waals surface area contributed by atoms with E-state index in [2.05, 4.69) is 28.0 Å². The number of hydrogen-bond donors (Lipinski definition) is 0. The second-order valence-electron chi connectivity index (χ2n) is 7.93. The van der Waals surface area contributed by atoms with Crippen molar-refractivity contribution in [1.29, 1.82) is 0 Å². The molecule has 2 atom stereocenters. The normalized spacial score (nSPS) is 22.1. The lowest BCUT2D eigenvalue weighted by atomic mass is 10.0. The quantitative estimate of drug-likeness (QED) is 0.671. The average Bonchev–Trinajstić information content (AvgIpc) is 3.35. The second kappa shape index (κ2) is 7.16. The van der Waals surface area contributed by atoms with Gasteiger partial charge in [-0.05, 0) is 38.5 Å². The first-order valence-corrected chi connectivity index (χ1v) is 10.3. The number of ether oxygens (including phenoxy) is 1. The fraction of sp³-hybridized carbons (Fsp3) is 0.600. The lowest BCUT2D eigenvalue weighted by Gasteiger charge is -2.28. The topological polar surface area (TPSA) is 81.6 Å². The van der Waals surface area contributed by atoms with Gasteiger partial charge in [0.1, 0.15) is 11.5 Å². The number of hydrogen-bond acceptors (Lipinski definition) is 7. The Bertz CT molecular complexity index is 980. The highest BCUT2D eigenvalue weighted by Gasteiger charge is 2.36. The summed E-state index contributed by atoms with van der Waals surface area (Å²) in [4.78, 5) is 11.6. The molecule has 2 bridgehead atoms. The third-order valence-electron chi connectivity index (χ3n) is 5.77. The molecule has 0 saturated carbocycles. The maximum absolute atomic E-state index is 5.84. The molecular formula is C20H26N6O2. The summed E-state index contributed by atoms with van der Waals surface area (Å²) < 4.78 is 13.2.